The first-order chi connectivity index (χ1) is 14.1. The van der Waals surface area contributed by atoms with Crippen molar-refractivity contribution in [3.05, 3.63) is 37.0 Å². The Morgan fingerprint density at radius 1 is 1.28 bits per heavy atom. The largest absolute Gasteiger partial charge is 0.465 e. The quantitative estimate of drug-likeness (QED) is 0.191. The van der Waals surface area contributed by atoms with Crippen LogP contribution in [0, 0.1) is 35.5 Å². The van der Waals surface area contributed by atoms with E-state index < -0.39 is 0 Å². The molecule has 2 aliphatic carbocycles. The van der Waals surface area contributed by atoms with Gasteiger partial charge in [-0.15, -0.1) is 0 Å². The van der Waals surface area contributed by atoms with Gasteiger partial charge in [0.25, 0.3) is 0 Å². The molecule has 0 aromatic carbocycles. The highest BCUT2D eigenvalue weighted by atomic mass is 16.5. The summed E-state index contributed by atoms with van der Waals surface area (Å²) >= 11 is 0. The molecular weight excluding hydrogens is 358 g/mol. The molecule has 1 heterocycles. The van der Waals surface area contributed by atoms with Crippen molar-refractivity contribution in [2.24, 2.45) is 40.5 Å². The summed E-state index contributed by atoms with van der Waals surface area (Å²) in [6.45, 7) is 13.5. The van der Waals surface area contributed by atoms with Gasteiger partial charge >= 0.3 is 5.97 Å². The number of rotatable bonds is 7. The Kier molecular flexibility index (Phi) is 9.90. The van der Waals surface area contributed by atoms with Crippen LogP contribution >= 0.6 is 0 Å². The van der Waals surface area contributed by atoms with Gasteiger partial charge in [-0.1, -0.05) is 77.8 Å². The predicted molar refractivity (Wildman–Crippen MR) is 132 cm³/mol. The summed E-state index contributed by atoms with van der Waals surface area (Å²) in [7, 11) is 0. The molecule has 3 nitrogen and oxygen atoms in total. The van der Waals surface area contributed by atoms with Gasteiger partial charge < -0.3 is 4.74 Å². The molecule has 3 heteroatoms. The lowest BCUT2D eigenvalue weighted by Crippen LogP contribution is -2.41. The lowest BCUT2D eigenvalue weighted by molar-refractivity contribution is -0.142. The summed E-state index contributed by atoms with van der Waals surface area (Å²) in [6, 6.07) is 0. The number of aliphatic imine (C=N–C) groups is 1. The van der Waals surface area contributed by atoms with Gasteiger partial charge in [0.1, 0.15) is 0 Å². The van der Waals surface area contributed by atoms with E-state index in [0.29, 0.717) is 36.8 Å². The van der Waals surface area contributed by atoms with E-state index in [1.807, 2.05) is 19.9 Å². The molecule has 0 radical (unpaired) electrons. The number of fused-ring (bicyclic) bond motifs is 2. The molecule has 0 aromatic heterocycles. The van der Waals surface area contributed by atoms with Crippen LogP contribution in [0.4, 0.5) is 0 Å². The number of cyclic esters (lactones) is 1. The second-order valence-corrected chi connectivity index (χ2v) is 8.87. The van der Waals surface area contributed by atoms with Gasteiger partial charge in [0, 0.05) is 17.3 Å². The molecule has 3 fully saturated rings. The standard InChI is InChI=1S/C24H35NO2.C2H6.4H2/c1-4-5-10-19(14-17(2)3)25-13-8-12-21-20-11-7-6-9-18(20)15-22-23(21)16-27-24(22)26;1-2;;;;/h4-5,8,10,12,17-18,20-23H,1,6-7,9,11,13-16H2,2-3H3;1-2H3;4*1H/b10-5-,12-8+,25-19?;;;;;/t18?,20-,21?,22?,23?;;;;;/m0...../s1. The second-order valence-electron chi connectivity index (χ2n) is 8.87. The Labute approximate surface area is 184 Å². The van der Waals surface area contributed by atoms with Crippen molar-refractivity contribution in [1.82, 2.24) is 0 Å². The molecule has 1 saturated heterocycles. The van der Waals surface area contributed by atoms with E-state index in [-0.39, 0.29) is 17.6 Å². The van der Waals surface area contributed by atoms with E-state index in [1.165, 1.54) is 25.7 Å². The number of carbonyl (C=O) groups excluding carboxylic acids is 1. The Hall–Kier alpha value is -1.64. The normalized spacial score (nSPS) is 32.0. The third kappa shape index (κ3) is 6.42. The average molecular weight is 408 g/mol. The first-order valence-corrected chi connectivity index (χ1v) is 11.8. The van der Waals surface area contributed by atoms with Crippen LogP contribution in [0.15, 0.2) is 42.0 Å². The van der Waals surface area contributed by atoms with Gasteiger partial charge in [-0.25, -0.2) is 0 Å². The maximum atomic E-state index is 12.2. The molecule has 5 atom stereocenters. The predicted octanol–water partition coefficient (Wildman–Crippen LogP) is 7.40. The summed E-state index contributed by atoms with van der Waals surface area (Å²) in [5, 5.41) is 0. The minimum atomic E-state index is 0. The molecule has 0 amide bonds. The van der Waals surface area contributed by atoms with Crippen molar-refractivity contribution in [3.8, 4) is 0 Å². The molecule has 3 aliphatic rings. The van der Waals surface area contributed by atoms with E-state index >= 15 is 0 Å². The smallest absolute Gasteiger partial charge is 0.309 e. The number of carbonyl (C=O) groups is 1. The SMILES string of the molecule is C=C/C=C\C(CC(C)C)=NC/C=C/C1C2COC(=O)C2CC2CCCC[C@@H]21.CC.[HH].[HH].[HH].[HH]. The minimum absolute atomic E-state index is 0. The summed E-state index contributed by atoms with van der Waals surface area (Å²) in [5.41, 5.74) is 1.13. The third-order valence-electron chi connectivity index (χ3n) is 6.55. The molecule has 2 saturated carbocycles. The lowest BCUT2D eigenvalue weighted by atomic mass is 9.58. The van der Waals surface area contributed by atoms with Gasteiger partial charge in [-0.05, 0) is 49.0 Å². The molecule has 0 N–H and O–H groups in total. The van der Waals surface area contributed by atoms with E-state index in [4.69, 9.17) is 9.73 Å². The van der Waals surface area contributed by atoms with Gasteiger partial charge in [-0.3, -0.25) is 9.79 Å². The molecule has 0 bridgehead atoms. The molecule has 4 unspecified atom stereocenters. The monoisotopic (exact) mass is 407 g/mol. The Balaban J connectivity index is -0.00000146. The molecule has 0 aromatic rings. The van der Waals surface area contributed by atoms with Crippen molar-refractivity contribution in [2.75, 3.05) is 13.2 Å². The molecule has 170 valence electrons. The van der Waals surface area contributed by atoms with Crippen LogP contribution in [0.5, 0.6) is 0 Å². The van der Waals surface area contributed by atoms with E-state index in [9.17, 15) is 4.79 Å². The number of ether oxygens (including phenoxy) is 1. The highest BCUT2D eigenvalue weighted by Gasteiger charge is 2.50. The minimum Gasteiger partial charge on any atom is -0.465 e. The molecule has 0 spiro atoms. The van der Waals surface area contributed by atoms with E-state index in [1.54, 1.807) is 6.08 Å². The Bertz CT molecular complexity index is 634. The van der Waals surface area contributed by atoms with Crippen LogP contribution in [-0.4, -0.2) is 24.8 Å². The Morgan fingerprint density at radius 2 is 2.03 bits per heavy atom. The topological polar surface area (TPSA) is 38.7 Å². The number of esters is 1. The highest BCUT2D eigenvalue weighted by Crippen LogP contribution is 2.51. The van der Waals surface area contributed by atoms with Crippen molar-refractivity contribution in [3.63, 3.8) is 0 Å². The van der Waals surface area contributed by atoms with Crippen molar-refractivity contribution >= 4 is 11.7 Å². The van der Waals surface area contributed by atoms with Gasteiger partial charge in [0.2, 0.25) is 0 Å². The summed E-state index contributed by atoms with van der Waals surface area (Å²) in [6.07, 6.45) is 17.7. The first-order valence-electron chi connectivity index (χ1n) is 11.8. The fourth-order valence-electron chi connectivity index (χ4n) is 5.36. The van der Waals surface area contributed by atoms with Crippen LogP contribution in [0.25, 0.3) is 0 Å². The zero-order valence-corrected chi connectivity index (χ0v) is 19.0. The molecule has 1 aliphatic heterocycles. The van der Waals surface area contributed by atoms with Crippen LogP contribution in [0.3, 0.4) is 0 Å². The first kappa shape index (κ1) is 23.6. The number of nitrogens with zero attached hydrogens (tertiary/aromatic N) is 1. The van der Waals surface area contributed by atoms with E-state index in [0.717, 1.165) is 24.5 Å². The summed E-state index contributed by atoms with van der Waals surface area (Å²) in [4.78, 5) is 17.0. The van der Waals surface area contributed by atoms with Crippen LogP contribution in [0.1, 0.15) is 71.9 Å². The summed E-state index contributed by atoms with van der Waals surface area (Å²) < 4.78 is 5.45. The Morgan fingerprint density at radius 3 is 2.76 bits per heavy atom. The van der Waals surface area contributed by atoms with Gasteiger partial charge in [0.05, 0.1) is 19.1 Å². The van der Waals surface area contributed by atoms with Crippen LogP contribution < -0.4 is 0 Å². The average Bonchev–Trinajstić information content (AvgIpc) is 3.10. The fourth-order valence-corrected chi connectivity index (χ4v) is 5.36. The van der Waals surface area contributed by atoms with Crippen molar-refractivity contribution in [2.45, 2.75) is 66.2 Å². The molecule has 3 rings (SSSR count). The van der Waals surface area contributed by atoms with Crippen molar-refractivity contribution < 1.29 is 15.2 Å². The number of hydrogen-bond donors (Lipinski definition) is 0. The zero-order valence-electron chi connectivity index (χ0n) is 19.0. The van der Waals surface area contributed by atoms with E-state index in [2.05, 4.69) is 38.7 Å². The maximum absolute atomic E-state index is 12.2. The van der Waals surface area contributed by atoms with Gasteiger partial charge in [-0.2, -0.15) is 0 Å². The van der Waals surface area contributed by atoms with Crippen LogP contribution in [0.2, 0.25) is 0 Å². The van der Waals surface area contributed by atoms with Crippen molar-refractivity contribution in [1.29, 1.82) is 0 Å². The molecule has 29 heavy (non-hydrogen) atoms. The highest BCUT2D eigenvalue weighted by molar-refractivity contribution is 5.95. The second kappa shape index (κ2) is 12.1. The molecular formula is C26H49NO2. The lowest BCUT2D eigenvalue weighted by Gasteiger charge is -2.44. The fraction of sp³-hybridized carbons (Fsp3) is 0.692. The number of allylic oxidation sites excluding steroid dienone is 4. The third-order valence-corrected chi connectivity index (χ3v) is 6.55. The summed E-state index contributed by atoms with van der Waals surface area (Å²) in [5.74, 6) is 3.07. The number of hydrogen-bond acceptors (Lipinski definition) is 3. The van der Waals surface area contributed by atoms with Crippen LogP contribution in [-0.2, 0) is 9.53 Å². The van der Waals surface area contributed by atoms with Gasteiger partial charge in [0.15, 0.2) is 0 Å². The maximum Gasteiger partial charge on any atom is 0.309 e. The zero-order chi connectivity index (χ0) is 21.2.